The first kappa shape index (κ1) is 17.6. The first-order valence-electron chi connectivity index (χ1n) is 8.33. The van der Waals surface area contributed by atoms with Crippen LogP contribution in [0.5, 0.6) is 0 Å². The predicted octanol–water partition coefficient (Wildman–Crippen LogP) is 3.21. The second-order valence-electron chi connectivity index (χ2n) is 7.19. The summed E-state index contributed by atoms with van der Waals surface area (Å²) in [5.41, 5.74) is 5.80. The third-order valence-electron chi connectivity index (χ3n) is 5.28. The molecule has 132 valence electrons. The van der Waals surface area contributed by atoms with E-state index in [0.29, 0.717) is 17.0 Å². The van der Waals surface area contributed by atoms with Gasteiger partial charge in [-0.25, -0.2) is 4.98 Å². The maximum atomic E-state index is 5.75. The Morgan fingerprint density at radius 1 is 1.50 bits per heavy atom. The predicted molar refractivity (Wildman–Crippen MR) is 96.5 cm³/mol. The van der Waals surface area contributed by atoms with Crippen molar-refractivity contribution >= 4 is 28.9 Å². The third-order valence-corrected chi connectivity index (χ3v) is 6.09. The highest BCUT2D eigenvalue weighted by Crippen LogP contribution is 2.50. The van der Waals surface area contributed by atoms with Crippen molar-refractivity contribution in [2.45, 2.75) is 51.0 Å². The number of fused-ring (bicyclic) bond motifs is 1. The highest BCUT2D eigenvalue weighted by molar-refractivity contribution is 7.15. The average Bonchev–Trinajstić information content (AvgIpc) is 3.21. The van der Waals surface area contributed by atoms with Crippen LogP contribution in [0.15, 0.2) is 10.7 Å². The first-order chi connectivity index (χ1) is 11.1. The van der Waals surface area contributed by atoms with Gasteiger partial charge in [-0.2, -0.15) is 4.98 Å². The number of anilines is 1. The van der Waals surface area contributed by atoms with E-state index in [0.717, 1.165) is 37.8 Å². The zero-order valence-electron chi connectivity index (χ0n) is 14.1. The van der Waals surface area contributed by atoms with Crippen LogP contribution >= 0.6 is 23.7 Å². The van der Waals surface area contributed by atoms with Gasteiger partial charge in [0.15, 0.2) is 11.0 Å². The van der Waals surface area contributed by atoms with E-state index in [1.165, 1.54) is 17.7 Å². The van der Waals surface area contributed by atoms with Gasteiger partial charge in [-0.05, 0) is 18.8 Å². The van der Waals surface area contributed by atoms with Gasteiger partial charge in [-0.15, -0.1) is 23.7 Å². The molecule has 2 aromatic heterocycles. The lowest BCUT2D eigenvalue weighted by molar-refractivity contribution is 0.245. The SMILES string of the molecule is CC(C)c1noc([C@@]23CCC[C@@H]2CN(Cc2cnc(N)s2)C3)n1.Cl. The van der Waals surface area contributed by atoms with Crippen LogP contribution in [-0.4, -0.2) is 33.1 Å². The quantitative estimate of drug-likeness (QED) is 0.891. The lowest BCUT2D eigenvalue weighted by Gasteiger charge is -2.24. The Labute approximate surface area is 152 Å². The molecule has 0 spiro atoms. The number of halogens is 1. The molecule has 8 heteroatoms. The first-order valence-corrected chi connectivity index (χ1v) is 9.15. The van der Waals surface area contributed by atoms with E-state index in [4.69, 9.17) is 15.2 Å². The third kappa shape index (κ3) is 2.93. The highest BCUT2D eigenvalue weighted by Gasteiger charge is 2.54. The molecule has 2 atom stereocenters. The molecule has 3 heterocycles. The van der Waals surface area contributed by atoms with Gasteiger partial charge in [0.2, 0.25) is 5.89 Å². The summed E-state index contributed by atoms with van der Waals surface area (Å²) in [6.07, 6.45) is 5.55. The molecule has 2 aliphatic rings. The van der Waals surface area contributed by atoms with Gasteiger partial charge in [0.1, 0.15) is 0 Å². The summed E-state index contributed by atoms with van der Waals surface area (Å²) in [6.45, 7) is 7.21. The second kappa shape index (κ2) is 6.61. The molecule has 2 aromatic rings. The maximum absolute atomic E-state index is 5.75. The number of thiazole rings is 1. The van der Waals surface area contributed by atoms with Crippen molar-refractivity contribution in [1.82, 2.24) is 20.0 Å². The summed E-state index contributed by atoms with van der Waals surface area (Å²) in [6, 6.07) is 0. The number of nitrogens with two attached hydrogens (primary N) is 1. The number of hydrogen-bond acceptors (Lipinski definition) is 7. The molecule has 0 aromatic carbocycles. The lowest BCUT2D eigenvalue weighted by atomic mass is 9.80. The fraction of sp³-hybridized carbons (Fsp3) is 0.688. The van der Waals surface area contributed by atoms with Crippen molar-refractivity contribution in [3.05, 3.63) is 22.8 Å². The van der Waals surface area contributed by atoms with Gasteiger partial charge >= 0.3 is 0 Å². The van der Waals surface area contributed by atoms with E-state index in [2.05, 4.69) is 28.9 Å². The maximum Gasteiger partial charge on any atom is 0.234 e. The molecule has 0 unspecified atom stereocenters. The largest absolute Gasteiger partial charge is 0.375 e. The van der Waals surface area contributed by atoms with Crippen LogP contribution in [0.25, 0.3) is 0 Å². The lowest BCUT2D eigenvalue weighted by Crippen LogP contribution is -2.32. The van der Waals surface area contributed by atoms with E-state index >= 15 is 0 Å². The Kier molecular flexibility index (Phi) is 4.86. The minimum Gasteiger partial charge on any atom is -0.375 e. The normalized spacial score (nSPS) is 26.7. The van der Waals surface area contributed by atoms with Crippen molar-refractivity contribution in [2.75, 3.05) is 18.8 Å². The minimum absolute atomic E-state index is 0. The fourth-order valence-electron chi connectivity index (χ4n) is 4.15. The van der Waals surface area contributed by atoms with Crippen molar-refractivity contribution < 1.29 is 4.52 Å². The molecular formula is C16H24ClN5OS. The molecular weight excluding hydrogens is 346 g/mol. The summed E-state index contributed by atoms with van der Waals surface area (Å²) in [5.74, 6) is 2.61. The molecule has 1 saturated heterocycles. The van der Waals surface area contributed by atoms with E-state index in [-0.39, 0.29) is 17.8 Å². The zero-order valence-corrected chi connectivity index (χ0v) is 15.7. The second-order valence-corrected chi connectivity index (χ2v) is 8.34. The van der Waals surface area contributed by atoms with Crippen molar-refractivity contribution in [2.24, 2.45) is 5.92 Å². The van der Waals surface area contributed by atoms with Gasteiger partial charge in [0, 0.05) is 36.6 Å². The Morgan fingerprint density at radius 3 is 3.00 bits per heavy atom. The van der Waals surface area contributed by atoms with E-state index in [1.807, 2.05) is 6.20 Å². The highest BCUT2D eigenvalue weighted by atomic mass is 35.5. The molecule has 1 saturated carbocycles. The molecule has 0 bridgehead atoms. The smallest absolute Gasteiger partial charge is 0.234 e. The van der Waals surface area contributed by atoms with Crippen LogP contribution in [0.1, 0.15) is 55.6 Å². The molecule has 4 rings (SSSR count). The fourth-order valence-corrected chi connectivity index (χ4v) is 4.88. The van der Waals surface area contributed by atoms with Crippen LogP contribution in [0, 0.1) is 5.92 Å². The Hall–Kier alpha value is -1.18. The zero-order chi connectivity index (χ0) is 16.0. The van der Waals surface area contributed by atoms with Crippen LogP contribution in [0.2, 0.25) is 0 Å². The number of hydrogen-bond donors (Lipinski definition) is 1. The van der Waals surface area contributed by atoms with Crippen LogP contribution in [0.3, 0.4) is 0 Å². The molecule has 2 N–H and O–H groups in total. The monoisotopic (exact) mass is 369 g/mol. The molecule has 24 heavy (non-hydrogen) atoms. The standard InChI is InChI=1S/C16H23N5OS.ClH/c1-10(2)13-19-14(22-20-13)16-5-3-4-11(16)7-21(9-16)8-12-6-18-15(17)23-12;/h6,10-11H,3-5,7-9H2,1-2H3,(H2,17,18);1H/t11-,16-;/m1./s1. The van der Waals surface area contributed by atoms with Crippen LogP contribution in [-0.2, 0) is 12.0 Å². The van der Waals surface area contributed by atoms with Crippen molar-refractivity contribution in [3.63, 3.8) is 0 Å². The van der Waals surface area contributed by atoms with Gasteiger partial charge in [0.25, 0.3) is 0 Å². The van der Waals surface area contributed by atoms with E-state index in [9.17, 15) is 0 Å². The van der Waals surface area contributed by atoms with E-state index < -0.39 is 0 Å². The molecule has 2 fully saturated rings. The van der Waals surface area contributed by atoms with Crippen LogP contribution in [0.4, 0.5) is 5.13 Å². The Balaban J connectivity index is 0.00000169. The molecule has 6 nitrogen and oxygen atoms in total. The molecule has 1 aliphatic heterocycles. The summed E-state index contributed by atoms with van der Waals surface area (Å²) in [4.78, 5) is 12.6. The summed E-state index contributed by atoms with van der Waals surface area (Å²) in [7, 11) is 0. The number of nitrogens with zero attached hydrogens (tertiary/aromatic N) is 4. The van der Waals surface area contributed by atoms with E-state index in [1.54, 1.807) is 11.3 Å². The number of rotatable bonds is 4. The summed E-state index contributed by atoms with van der Waals surface area (Å²) < 4.78 is 5.70. The molecule has 0 amide bonds. The Morgan fingerprint density at radius 2 is 2.33 bits per heavy atom. The molecule has 1 aliphatic carbocycles. The number of likely N-dealkylation sites (tertiary alicyclic amines) is 1. The topological polar surface area (TPSA) is 81.1 Å². The Bertz CT molecular complexity index is 702. The molecule has 0 radical (unpaired) electrons. The summed E-state index contributed by atoms with van der Waals surface area (Å²) in [5, 5.41) is 4.84. The van der Waals surface area contributed by atoms with Crippen molar-refractivity contribution in [3.8, 4) is 0 Å². The van der Waals surface area contributed by atoms with Gasteiger partial charge in [0.05, 0.1) is 5.41 Å². The average molecular weight is 370 g/mol. The van der Waals surface area contributed by atoms with Crippen LogP contribution < -0.4 is 5.73 Å². The van der Waals surface area contributed by atoms with Crippen molar-refractivity contribution in [1.29, 1.82) is 0 Å². The number of nitrogen functional groups attached to an aromatic ring is 1. The van der Waals surface area contributed by atoms with Gasteiger partial charge in [-0.3, -0.25) is 4.90 Å². The minimum atomic E-state index is 0. The summed E-state index contributed by atoms with van der Waals surface area (Å²) >= 11 is 1.58. The van der Waals surface area contributed by atoms with Gasteiger partial charge in [-0.1, -0.05) is 25.4 Å². The number of aromatic nitrogens is 3. The van der Waals surface area contributed by atoms with Gasteiger partial charge < -0.3 is 10.3 Å².